The number of nitrogens with two attached hydrogens (primary N) is 1. The van der Waals surface area contributed by atoms with Crippen molar-refractivity contribution >= 4 is 23.0 Å². The molecule has 1 aromatic heterocycles. The molecule has 0 aliphatic carbocycles. The number of hydrogen-bond acceptors (Lipinski definition) is 8. The highest BCUT2D eigenvalue weighted by atomic mass is 32.1. The predicted octanol–water partition coefficient (Wildman–Crippen LogP) is 4.09. The molecular weight excluding hydrogens is 406 g/mol. The molecule has 0 saturated heterocycles. The molecule has 0 radical (unpaired) electrons. The van der Waals surface area contributed by atoms with Gasteiger partial charge in [0.25, 0.3) is 5.69 Å². The summed E-state index contributed by atoms with van der Waals surface area (Å²) < 4.78 is 11.0. The standard InChI is InChI=1S/C21H13N3O5S/c22-11-16-19(12-3-1-4-13(9-12)24(26)27)15-7-6-14(10-17(15)29-20(16)23)28-21(25)18-5-2-8-30-18/h1-10,19H,23H2. The van der Waals surface area contributed by atoms with E-state index >= 15 is 0 Å². The lowest BCUT2D eigenvalue weighted by atomic mass is 9.83. The van der Waals surface area contributed by atoms with Crippen molar-refractivity contribution in [2.75, 3.05) is 0 Å². The molecule has 2 aromatic carbocycles. The second-order valence-electron chi connectivity index (χ2n) is 6.34. The van der Waals surface area contributed by atoms with Gasteiger partial charge in [-0.2, -0.15) is 5.26 Å². The van der Waals surface area contributed by atoms with Gasteiger partial charge in [0.1, 0.15) is 28.0 Å². The maximum Gasteiger partial charge on any atom is 0.353 e. The molecule has 1 aliphatic heterocycles. The topological polar surface area (TPSA) is 128 Å². The number of nitriles is 1. The zero-order valence-corrected chi connectivity index (χ0v) is 16.1. The monoisotopic (exact) mass is 419 g/mol. The highest BCUT2D eigenvalue weighted by Gasteiger charge is 2.32. The Morgan fingerprint density at radius 1 is 1.23 bits per heavy atom. The molecule has 2 heterocycles. The molecule has 0 amide bonds. The Morgan fingerprint density at radius 3 is 2.77 bits per heavy atom. The van der Waals surface area contributed by atoms with Gasteiger partial charge in [0.2, 0.25) is 5.88 Å². The normalized spacial score (nSPS) is 15.0. The molecule has 4 rings (SSSR count). The van der Waals surface area contributed by atoms with Crippen molar-refractivity contribution in [3.05, 3.63) is 97.6 Å². The van der Waals surface area contributed by atoms with Crippen LogP contribution in [0.2, 0.25) is 0 Å². The van der Waals surface area contributed by atoms with Crippen molar-refractivity contribution in [2.45, 2.75) is 5.92 Å². The van der Waals surface area contributed by atoms with Gasteiger partial charge in [0.15, 0.2) is 0 Å². The number of nitro groups is 1. The van der Waals surface area contributed by atoms with Gasteiger partial charge >= 0.3 is 5.97 Å². The number of fused-ring (bicyclic) bond motifs is 1. The number of carbonyl (C=O) groups is 1. The van der Waals surface area contributed by atoms with E-state index in [1.54, 1.807) is 41.8 Å². The summed E-state index contributed by atoms with van der Waals surface area (Å²) in [5.41, 5.74) is 7.10. The number of carbonyl (C=O) groups excluding carboxylic acids is 1. The number of hydrogen-bond donors (Lipinski definition) is 1. The van der Waals surface area contributed by atoms with Crippen LogP contribution in [0.1, 0.15) is 26.7 Å². The largest absolute Gasteiger partial charge is 0.440 e. The minimum atomic E-state index is -0.652. The quantitative estimate of drug-likeness (QED) is 0.292. The zero-order chi connectivity index (χ0) is 21.3. The first-order valence-corrected chi connectivity index (χ1v) is 9.57. The van der Waals surface area contributed by atoms with E-state index in [2.05, 4.69) is 0 Å². The van der Waals surface area contributed by atoms with E-state index in [4.69, 9.17) is 15.2 Å². The first-order valence-electron chi connectivity index (χ1n) is 8.69. The fourth-order valence-corrected chi connectivity index (χ4v) is 3.81. The Morgan fingerprint density at radius 2 is 2.07 bits per heavy atom. The molecule has 0 bridgehead atoms. The average Bonchev–Trinajstić information content (AvgIpc) is 3.28. The number of thiophene rings is 1. The number of ether oxygens (including phenoxy) is 2. The van der Waals surface area contributed by atoms with Gasteiger partial charge < -0.3 is 15.2 Å². The van der Waals surface area contributed by atoms with Crippen molar-refractivity contribution in [3.63, 3.8) is 0 Å². The number of non-ortho nitro benzene ring substituents is 1. The van der Waals surface area contributed by atoms with Crippen LogP contribution >= 0.6 is 11.3 Å². The molecule has 1 atom stereocenters. The Bertz CT molecular complexity index is 1230. The van der Waals surface area contributed by atoms with Crippen molar-refractivity contribution in [1.82, 2.24) is 0 Å². The van der Waals surface area contributed by atoms with E-state index in [9.17, 15) is 20.2 Å². The van der Waals surface area contributed by atoms with E-state index in [0.29, 0.717) is 21.8 Å². The summed E-state index contributed by atoms with van der Waals surface area (Å²) in [4.78, 5) is 23.3. The van der Waals surface area contributed by atoms with Crippen molar-refractivity contribution in [3.8, 4) is 17.6 Å². The summed E-state index contributed by atoms with van der Waals surface area (Å²) in [5.74, 6) is -0.709. The molecule has 3 aromatic rings. The van der Waals surface area contributed by atoms with Crippen LogP contribution < -0.4 is 15.2 Å². The second-order valence-corrected chi connectivity index (χ2v) is 7.29. The van der Waals surface area contributed by atoms with Crippen LogP contribution in [0.3, 0.4) is 0 Å². The van der Waals surface area contributed by atoms with Gasteiger partial charge in [-0.3, -0.25) is 10.1 Å². The Kier molecular flexibility index (Phi) is 4.92. The first kappa shape index (κ1) is 19.2. The molecular formula is C21H13N3O5S. The van der Waals surface area contributed by atoms with Crippen LogP contribution in [0.5, 0.6) is 11.5 Å². The lowest BCUT2D eigenvalue weighted by Gasteiger charge is -2.26. The molecule has 1 aliphatic rings. The Hall–Kier alpha value is -4.16. The molecule has 8 nitrogen and oxygen atoms in total. The summed E-state index contributed by atoms with van der Waals surface area (Å²) in [7, 11) is 0. The maximum atomic E-state index is 12.2. The number of rotatable bonds is 4. The summed E-state index contributed by atoms with van der Waals surface area (Å²) in [6, 6.07) is 16.2. The fraction of sp³-hybridized carbons (Fsp3) is 0.0476. The van der Waals surface area contributed by atoms with Crippen LogP contribution in [0, 0.1) is 21.4 Å². The Labute approximate surface area is 174 Å². The molecule has 0 spiro atoms. The SMILES string of the molecule is N#CC1=C(N)Oc2cc(OC(=O)c3cccs3)ccc2C1c1cccc([N+](=O)[O-])c1. The number of nitro benzene ring substituents is 1. The number of esters is 1. The Balaban J connectivity index is 1.74. The van der Waals surface area contributed by atoms with Crippen LogP contribution in [0.4, 0.5) is 5.69 Å². The van der Waals surface area contributed by atoms with Crippen molar-refractivity contribution in [1.29, 1.82) is 5.26 Å². The van der Waals surface area contributed by atoms with Gasteiger partial charge in [-0.15, -0.1) is 11.3 Å². The smallest absolute Gasteiger partial charge is 0.353 e. The van der Waals surface area contributed by atoms with Crippen LogP contribution in [0.25, 0.3) is 0 Å². The van der Waals surface area contributed by atoms with Crippen LogP contribution in [-0.4, -0.2) is 10.9 Å². The van der Waals surface area contributed by atoms with Gasteiger partial charge in [-0.25, -0.2) is 4.79 Å². The lowest BCUT2D eigenvalue weighted by molar-refractivity contribution is -0.384. The molecule has 148 valence electrons. The third-order valence-corrected chi connectivity index (χ3v) is 5.39. The van der Waals surface area contributed by atoms with Crippen molar-refractivity contribution < 1.29 is 19.2 Å². The van der Waals surface area contributed by atoms with E-state index in [1.807, 2.05) is 6.07 Å². The highest BCUT2D eigenvalue weighted by Crippen LogP contribution is 2.44. The summed E-state index contributed by atoms with van der Waals surface area (Å²) in [6.07, 6.45) is 0. The second kappa shape index (κ2) is 7.69. The van der Waals surface area contributed by atoms with Gasteiger partial charge in [-0.1, -0.05) is 24.3 Å². The minimum absolute atomic E-state index is 0.0992. The molecule has 0 saturated carbocycles. The van der Waals surface area contributed by atoms with Gasteiger partial charge in [-0.05, 0) is 23.1 Å². The molecule has 2 N–H and O–H groups in total. The zero-order valence-electron chi connectivity index (χ0n) is 15.3. The van der Waals surface area contributed by atoms with E-state index in [0.717, 1.165) is 0 Å². The van der Waals surface area contributed by atoms with Crippen molar-refractivity contribution in [2.24, 2.45) is 5.73 Å². The van der Waals surface area contributed by atoms with E-state index in [1.165, 1.54) is 29.5 Å². The lowest BCUT2D eigenvalue weighted by Crippen LogP contribution is -2.21. The summed E-state index contributed by atoms with van der Waals surface area (Å²) in [5, 5.41) is 22.5. The fourth-order valence-electron chi connectivity index (χ4n) is 3.21. The van der Waals surface area contributed by atoms with Gasteiger partial charge in [0, 0.05) is 23.8 Å². The predicted molar refractivity (Wildman–Crippen MR) is 108 cm³/mol. The van der Waals surface area contributed by atoms with E-state index < -0.39 is 16.8 Å². The van der Waals surface area contributed by atoms with Gasteiger partial charge in [0.05, 0.1) is 10.8 Å². The molecule has 9 heteroatoms. The molecule has 1 unspecified atom stereocenters. The van der Waals surface area contributed by atoms with Crippen LogP contribution in [0.15, 0.2) is 71.4 Å². The molecule has 0 fully saturated rings. The maximum absolute atomic E-state index is 12.2. The van der Waals surface area contributed by atoms with E-state index in [-0.39, 0.29) is 22.9 Å². The molecule has 30 heavy (non-hydrogen) atoms. The summed E-state index contributed by atoms with van der Waals surface area (Å²) >= 11 is 1.26. The number of allylic oxidation sites excluding steroid dienone is 1. The average molecular weight is 419 g/mol. The third kappa shape index (κ3) is 3.47. The minimum Gasteiger partial charge on any atom is -0.440 e. The number of nitrogens with zero attached hydrogens (tertiary/aromatic N) is 2. The summed E-state index contributed by atoms with van der Waals surface area (Å²) in [6.45, 7) is 0. The highest BCUT2D eigenvalue weighted by molar-refractivity contribution is 7.12. The number of benzene rings is 2. The third-order valence-electron chi connectivity index (χ3n) is 4.54. The first-order chi connectivity index (χ1) is 14.5. The van der Waals surface area contributed by atoms with Crippen LogP contribution in [-0.2, 0) is 0 Å².